The van der Waals surface area contributed by atoms with E-state index in [0.717, 1.165) is 21.8 Å². The second-order valence-corrected chi connectivity index (χ2v) is 9.84. The minimum Gasteiger partial charge on any atom is -0.351 e. The Morgan fingerprint density at radius 1 is 0.857 bits per heavy atom. The van der Waals surface area contributed by atoms with Gasteiger partial charge in [-0.1, -0.05) is 9.05 Å². The summed E-state index contributed by atoms with van der Waals surface area (Å²) in [5.41, 5.74) is -6.82. The topological polar surface area (TPSA) is 227 Å². The minimum absolute atomic E-state index is 0.961. The third-order valence-corrected chi connectivity index (χ3v) is 6.72. The van der Waals surface area contributed by atoms with Crippen molar-refractivity contribution in [2.24, 2.45) is 0 Å². The van der Waals surface area contributed by atoms with Crippen molar-refractivity contribution in [2.45, 2.75) is 24.1 Å². The summed E-state index contributed by atoms with van der Waals surface area (Å²) in [4.78, 5) is 44.5. The molecule has 28 heavy (non-hydrogen) atoms. The molecule has 0 aliphatic heterocycles. The molecule has 2 rings (SSSR count). The lowest BCUT2D eigenvalue weighted by Gasteiger charge is -2.25. The van der Waals surface area contributed by atoms with E-state index in [4.69, 9.17) is 0 Å². The molecule has 0 amide bonds. The Kier molecular flexibility index (Phi) is 6.71. The summed E-state index contributed by atoms with van der Waals surface area (Å²) in [7, 11) is -14.9. The Labute approximate surface area is 157 Å². The van der Waals surface area contributed by atoms with Gasteiger partial charge in [0.15, 0.2) is 0 Å². The molecule has 0 aliphatic carbocycles. The number of hydrogen-bond acceptors (Lipinski definition) is 9. The molecule has 15 nitrogen and oxygen atoms in total. The lowest BCUT2D eigenvalue weighted by molar-refractivity contribution is -0.129. The molecule has 0 aliphatic rings. The van der Waals surface area contributed by atoms with Gasteiger partial charge in [-0.05, 0) is 0 Å². The van der Waals surface area contributed by atoms with Crippen LogP contribution in [-0.4, -0.2) is 59.9 Å². The molecule has 2 unspecified atom stereocenters. The van der Waals surface area contributed by atoms with Crippen molar-refractivity contribution < 1.29 is 52.5 Å². The fourth-order valence-corrected chi connectivity index (χ4v) is 4.42. The van der Waals surface area contributed by atoms with Crippen LogP contribution in [0.2, 0.25) is 0 Å². The van der Waals surface area contributed by atoms with Crippen LogP contribution in [0.1, 0.15) is 0 Å². The highest BCUT2D eigenvalue weighted by Gasteiger charge is 2.60. The molecule has 6 N–H and O–H groups in total. The summed E-state index contributed by atoms with van der Waals surface area (Å²) in [6.07, 6.45) is 6.94. The van der Waals surface area contributed by atoms with Crippen LogP contribution in [0, 0.1) is 0 Å². The largest absolute Gasteiger partial charge is 0.705 e. The molecular formula is C10H16N4O11P3+. The van der Waals surface area contributed by atoms with Gasteiger partial charge in [-0.2, -0.15) is 0 Å². The Morgan fingerprint density at radius 2 is 1.21 bits per heavy atom. The highest BCUT2D eigenvalue weighted by Crippen LogP contribution is 2.58. The molecule has 0 saturated heterocycles. The van der Waals surface area contributed by atoms with E-state index >= 15 is 0 Å². The highest BCUT2D eigenvalue weighted by molar-refractivity contribution is 7.54. The Morgan fingerprint density at radius 3 is 1.46 bits per heavy atom. The van der Waals surface area contributed by atoms with Crippen LogP contribution in [-0.2, 0) is 35.8 Å². The van der Waals surface area contributed by atoms with E-state index in [1.807, 2.05) is 0 Å². The van der Waals surface area contributed by atoms with Crippen molar-refractivity contribution in [3.8, 4) is 0 Å². The summed E-state index contributed by atoms with van der Waals surface area (Å²) in [6, 6.07) is 0. The minimum atomic E-state index is -5.52. The number of rotatable bonds is 10. The van der Waals surface area contributed by atoms with Gasteiger partial charge < -0.3 is 38.9 Å². The molecule has 2 heterocycles. The number of hydrogen-bond donors (Lipinski definition) is 6. The average molecular weight is 461 g/mol. The van der Waals surface area contributed by atoms with Gasteiger partial charge in [0, 0.05) is 29.4 Å². The van der Waals surface area contributed by atoms with Crippen molar-refractivity contribution in [3.63, 3.8) is 0 Å². The summed E-state index contributed by atoms with van der Waals surface area (Å²) in [6.45, 7) is -1.92. The van der Waals surface area contributed by atoms with Gasteiger partial charge >= 0.3 is 34.5 Å². The van der Waals surface area contributed by atoms with Crippen molar-refractivity contribution in [3.05, 3.63) is 37.4 Å². The van der Waals surface area contributed by atoms with E-state index in [2.05, 4.69) is 19.0 Å². The van der Waals surface area contributed by atoms with Crippen LogP contribution in [0.25, 0.3) is 0 Å². The molecule has 0 aromatic carbocycles. The number of nitrogens with zero attached hydrogens (tertiary/aromatic N) is 4. The van der Waals surface area contributed by atoms with Gasteiger partial charge in [-0.3, -0.25) is 9.13 Å². The molecule has 2 aromatic rings. The third-order valence-electron chi connectivity index (χ3n) is 3.25. The van der Waals surface area contributed by atoms with Gasteiger partial charge in [0.25, 0.3) is 0 Å². The molecule has 0 bridgehead atoms. The first-order valence-corrected chi connectivity index (χ1v) is 11.4. The molecule has 0 saturated carbocycles. The quantitative estimate of drug-likeness (QED) is 0.187. The SMILES string of the molecule is O=[P+](OC(O)(Cn1ccnc1)P(=O)(O)O)OC(O)(Cn1ccnc1)P(=O)(O)O. The molecule has 156 valence electrons. The van der Waals surface area contributed by atoms with Crippen LogP contribution in [0.4, 0.5) is 0 Å². The Balaban J connectivity index is 2.24. The predicted octanol–water partition coefficient (Wildman–Crippen LogP) is -0.882. The van der Waals surface area contributed by atoms with Crippen LogP contribution in [0.15, 0.2) is 37.4 Å². The maximum Gasteiger partial charge on any atom is 0.705 e. The van der Waals surface area contributed by atoms with Crippen LogP contribution in [0.3, 0.4) is 0 Å². The van der Waals surface area contributed by atoms with Crippen LogP contribution >= 0.6 is 23.4 Å². The fraction of sp³-hybridized carbons (Fsp3) is 0.400. The first kappa shape index (κ1) is 22.9. The lowest BCUT2D eigenvalue weighted by atomic mass is 10.6. The summed E-state index contributed by atoms with van der Waals surface area (Å²) in [5, 5.41) is 20.3. The lowest BCUT2D eigenvalue weighted by Crippen LogP contribution is -2.38. The van der Waals surface area contributed by atoms with Crippen molar-refractivity contribution >= 4 is 23.4 Å². The number of aromatic nitrogens is 4. The molecule has 18 heteroatoms. The normalized spacial score (nSPS) is 17.7. The Hall–Kier alpha value is -1.34. The average Bonchev–Trinajstić information content (AvgIpc) is 3.18. The second-order valence-electron chi connectivity index (χ2n) is 5.45. The molecule has 2 atom stereocenters. The third kappa shape index (κ3) is 5.38. The van der Waals surface area contributed by atoms with Crippen molar-refractivity contribution in [1.29, 1.82) is 0 Å². The zero-order chi connectivity index (χ0) is 21.2. The van der Waals surface area contributed by atoms with E-state index in [1.165, 1.54) is 24.8 Å². The maximum absolute atomic E-state index is 12.1. The van der Waals surface area contributed by atoms with Crippen LogP contribution in [0.5, 0.6) is 0 Å². The fourth-order valence-electron chi connectivity index (χ4n) is 1.84. The molecule has 0 spiro atoms. The summed E-state index contributed by atoms with van der Waals surface area (Å²) >= 11 is 0. The zero-order valence-corrected chi connectivity index (χ0v) is 16.4. The highest BCUT2D eigenvalue weighted by atomic mass is 31.2. The smallest absolute Gasteiger partial charge is 0.351 e. The molecule has 0 fully saturated rings. The summed E-state index contributed by atoms with van der Waals surface area (Å²) in [5.74, 6) is 0. The molecular weight excluding hydrogens is 445 g/mol. The first-order chi connectivity index (χ1) is 12.8. The van der Waals surface area contributed by atoms with E-state index in [1.54, 1.807) is 0 Å². The maximum atomic E-state index is 12.1. The Bertz CT molecular complexity index is 822. The zero-order valence-electron chi connectivity index (χ0n) is 13.7. The number of imidazole rings is 2. The van der Waals surface area contributed by atoms with Crippen LogP contribution < -0.4 is 0 Å². The van der Waals surface area contributed by atoms with Gasteiger partial charge in [0.2, 0.25) is 0 Å². The van der Waals surface area contributed by atoms with Crippen molar-refractivity contribution in [1.82, 2.24) is 19.1 Å². The predicted molar refractivity (Wildman–Crippen MR) is 88.2 cm³/mol. The van der Waals surface area contributed by atoms with Gasteiger partial charge in [0.1, 0.15) is 0 Å². The van der Waals surface area contributed by atoms with E-state index in [9.17, 15) is 43.5 Å². The van der Waals surface area contributed by atoms with E-state index < -0.39 is 47.6 Å². The summed E-state index contributed by atoms with van der Waals surface area (Å²) < 4.78 is 46.0. The first-order valence-electron chi connectivity index (χ1n) is 7.09. The van der Waals surface area contributed by atoms with Gasteiger partial charge in [-0.15, -0.1) is 0 Å². The van der Waals surface area contributed by atoms with E-state index in [-0.39, 0.29) is 0 Å². The standard InChI is InChI=1S/C10H15N4O11P3/c15-9(27(18,19)20,5-13-3-1-11-7-13)24-26(17)25-10(16,28(21,22)23)6-14-4-2-12-8-14/h1-4,7-8,15-16H,5-6H2,(H3-,18,19,20,21,22,23)/p+1. The molecule has 0 radical (unpaired) electrons. The van der Waals surface area contributed by atoms with E-state index in [0.29, 0.717) is 0 Å². The second kappa shape index (κ2) is 8.19. The number of aliphatic hydroxyl groups is 2. The monoisotopic (exact) mass is 461 g/mol. The van der Waals surface area contributed by atoms with Gasteiger partial charge in [-0.25, -0.2) is 9.97 Å². The molecule has 2 aromatic heterocycles. The van der Waals surface area contributed by atoms with Crippen molar-refractivity contribution in [2.75, 3.05) is 0 Å². The van der Waals surface area contributed by atoms with Gasteiger partial charge in [0.05, 0.1) is 25.7 Å².